The minimum absolute atomic E-state index is 0.431. The summed E-state index contributed by atoms with van der Waals surface area (Å²) in [7, 11) is 0. The van der Waals surface area contributed by atoms with Gasteiger partial charge in [-0.15, -0.1) is 0 Å². The van der Waals surface area contributed by atoms with Crippen LogP contribution < -0.4 is 0 Å². The summed E-state index contributed by atoms with van der Waals surface area (Å²) in [6.07, 6.45) is 0. The van der Waals surface area contributed by atoms with Crippen molar-refractivity contribution in [3.63, 3.8) is 0 Å². The molecule has 5 rings (SSSR count). The molecule has 0 amide bonds. The molecule has 0 fully saturated rings. The molecule has 0 spiro atoms. The number of allylic oxidation sites excluding steroid dienone is 2. The first-order valence-corrected chi connectivity index (χ1v) is 13.2. The van der Waals surface area contributed by atoms with E-state index in [-0.39, 0.29) is 0 Å². The van der Waals surface area contributed by atoms with Crippen molar-refractivity contribution in [1.82, 2.24) is 0 Å². The SMILES string of the molecule is O=[Se]1(=O)C(c2ccccc2)=C(c2ccccc2)C(c2ccccc2)=C1c1ccccc1. The molecule has 31 heavy (non-hydrogen) atoms. The topological polar surface area (TPSA) is 34.1 Å². The molecule has 1 aliphatic heterocycles. The predicted molar refractivity (Wildman–Crippen MR) is 127 cm³/mol. The van der Waals surface area contributed by atoms with E-state index in [4.69, 9.17) is 0 Å². The standard InChI is InChI=1S/C28H20O2Se/c29-31(30)27(23-17-9-3-10-18-23)25(21-13-5-1-6-14-21)26(22-15-7-2-8-16-22)28(31)24-19-11-4-12-20-24/h1-20H. The fourth-order valence-corrected chi connectivity index (χ4v) is 8.49. The second-order valence-electron chi connectivity index (χ2n) is 7.38. The van der Waals surface area contributed by atoms with Crippen LogP contribution in [0.2, 0.25) is 0 Å². The molecule has 0 N–H and O–H groups in total. The molecular weight excluding hydrogens is 447 g/mol. The summed E-state index contributed by atoms with van der Waals surface area (Å²) >= 11 is -4.75. The monoisotopic (exact) mass is 468 g/mol. The summed E-state index contributed by atoms with van der Waals surface area (Å²) in [5.74, 6) is 0. The number of hydrogen-bond donors (Lipinski definition) is 0. The molecule has 4 aromatic rings. The third kappa shape index (κ3) is 3.38. The van der Waals surface area contributed by atoms with E-state index >= 15 is 0 Å². The van der Waals surface area contributed by atoms with Gasteiger partial charge in [-0.3, -0.25) is 0 Å². The molecule has 4 aromatic carbocycles. The Bertz CT molecular complexity index is 1280. The second-order valence-corrected chi connectivity index (χ2v) is 11.2. The molecule has 0 radical (unpaired) electrons. The van der Waals surface area contributed by atoms with Crippen LogP contribution >= 0.6 is 0 Å². The summed E-state index contributed by atoms with van der Waals surface area (Å²) in [6, 6.07) is 38.6. The molecular formula is C28H20O2Se. The van der Waals surface area contributed by atoms with Crippen molar-refractivity contribution in [3.8, 4) is 0 Å². The number of hydrogen-bond acceptors (Lipinski definition) is 2. The van der Waals surface area contributed by atoms with Gasteiger partial charge in [0.05, 0.1) is 0 Å². The van der Waals surface area contributed by atoms with Crippen LogP contribution in [0.1, 0.15) is 22.3 Å². The van der Waals surface area contributed by atoms with Gasteiger partial charge in [-0.05, 0) is 0 Å². The molecule has 0 bridgehead atoms. The van der Waals surface area contributed by atoms with Crippen molar-refractivity contribution in [3.05, 3.63) is 144 Å². The van der Waals surface area contributed by atoms with Crippen LogP contribution in [-0.2, 0) is 7.67 Å². The zero-order valence-electron chi connectivity index (χ0n) is 16.8. The first-order valence-electron chi connectivity index (χ1n) is 10.1. The van der Waals surface area contributed by atoms with Crippen molar-refractivity contribution >= 4 is 32.8 Å². The van der Waals surface area contributed by atoms with Crippen LogP contribution in [0.5, 0.6) is 0 Å². The van der Waals surface area contributed by atoms with Gasteiger partial charge in [-0.25, -0.2) is 0 Å². The van der Waals surface area contributed by atoms with Crippen LogP contribution in [0.4, 0.5) is 0 Å². The molecule has 1 aliphatic rings. The van der Waals surface area contributed by atoms with E-state index in [9.17, 15) is 7.67 Å². The van der Waals surface area contributed by atoms with E-state index in [0.29, 0.717) is 8.94 Å². The molecule has 0 aliphatic carbocycles. The Morgan fingerprint density at radius 2 is 0.613 bits per heavy atom. The molecule has 0 unspecified atom stereocenters. The Morgan fingerprint density at radius 3 is 0.903 bits per heavy atom. The van der Waals surface area contributed by atoms with Crippen molar-refractivity contribution < 1.29 is 7.67 Å². The predicted octanol–water partition coefficient (Wildman–Crippen LogP) is 6.60. The Labute approximate surface area is 183 Å². The number of rotatable bonds is 4. The second kappa shape index (κ2) is 7.96. The van der Waals surface area contributed by atoms with Gasteiger partial charge in [-0.1, -0.05) is 0 Å². The summed E-state index contributed by atoms with van der Waals surface area (Å²) in [5.41, 5.74) is 4.82. The van der Waals surface area contributed by atoms with Crippen LogP contribution in [0.15, 0.2) is 121 Å². The fourth-order valence-electron chi connectivity index (χ4n) is 4.14. The molecule has 0 saturated carbocycles. The normalized spacial score (nSPS) is 15.4. The van der Waals surface area contributed by atoms with E-state index in [0.717, 1.165) is 33.4 Å². The van der Waals surface area contributed by atoms with Crippen LogP contribution in [0, 0.1) is 0 Å². The van der Waals surface area contributed by atoms with Gasteiger partial charge in [0.2, 0.25) is 0 Å². The minimum atomic E-state index is -4.75. The summed E-state index contributed by atoms with van der Waals surface area (Å²) in [6.45, 7) is 0. The summed E-state index contributed by atoms with van der Waals surface area (Å²) in [4.78, 5) is 0. The molecule has 0 atom stereocenters. The molecule has 2 nitrogen and oxygen atoms in total. The van der Waals surface area contributed by atoms with E-state index in [1.54, 1.807) is 0 Å². The van der Waals surface area contributed by atoms with Gasteiger partial charge in [0.25, 0.3) is 0 Å². The van der Waals surface area contributed by atoms with Crippen molar-refractivity contribution in [1.29, 1.82) is 0 Å². The van der Waals surface area contributed by atoms with Gasteiger partial charge < -0.3 is 0 Å². The van der Waals surface area contributed by atoms with Gasteiger partial charge in [-0.2, -0.15) is 0 Å². The maximum atomic E-state index is 14.2. The quantitative estimate of drug-likeness (QED) is 0.317. The van der Waals surface area contributed by atoms with Crippen molar-refractivity contribution in [2.24, 2.45) is 0 Å². The summed E-state index contributed by atoms with van der Waals surface area (Å²) in [5, 5.41) is 0. The number of benzene rings is 4. The van der Waals surface area contributed by atoms with E-state index in [1.165, 1.54) is 0 Å². The van der Waals surface area contributed by atoms with Gasteiger partial charge in [0.15, 0.2) is 0 Å². The third-order valence-corrected chi connectivity index (χ3v) is 9.54. The van der Waals surface area contributed by atoms with Crippen molar-refractivity contribution in [2.75, 3.05) is 0 Å². The van der Waals surface area contributed by atoms with Gasteiger partial charge >= 0.3 is 184 Å². The average molecular weight is 467 g/mol. The summed E-state index contributed by atoms with van der Waals surface area (Å²) < 4.78 is 29.3. The third-order valence-electron chi connectivity index (χ3n) is 5.44. The first kappa shape index (κ1) is 19.4. The Balaban J connectivity index is 1.94. The Morgan fingerprint density at radius 1 is 0.355 bits per heavy atom. The molecule has 0 saturated heterocycles. The van der Waals surface area contributed by atoms with E-state index < -0.39 is 12.7 Å². The molecule has 1 heterocycles. The molecule has 3 heteroatoms. The van der Waals surface area contributed by atoms with Crippen LogP contribution in [0.3, 0.4) is 0 Å². The van der Waals surface area contributed by atoms with E-state index in [1.807, 2.05) is 121 Å². The zero-order valence-corrected chi connectivity index (χ0v) is 18.5. The van der Waals surface area contributed by atoms with Gasteiger partial charge in [0.1, 0.15) is 0 Å². The Kier molecular flexibility index (Phi) is 4.99. The molecule has 0 aromatic heterocycles. The zero-order chi connectivity index (χ0) is 21.3. The maximum absolute atomic E-state index is 14.2. The van der Waals surface area contributed by atoms with Crippen LogP contribution in [0.25, 0.3) is 20.1 Å². The van der Waals surface area contributed by atoms with Crippen LogP contribution in [-0.4, -0.2) is 12.7 Å². The van der Waals surface area contributed by atoms with Crippen molar-refractivity contribution in [2.45, 2.75) is 0 Å². The average Bonchev–Trinajstić information content (AvgIpc) is 3.08. The van der Waals surface area contributed by atoms with Gasteiger partial charge in [0, 0.05) is 0 Å². The molecule has 150 valence electrons. The Hall–Kier alpha value is -3.52. The fraction of sp³-hybridized carbons (Fsp3) is 0. The first-order chi connectivity index (χ1) is 15.2. The van der Waals surface area contributed by atoms with E-state index in [2.05, 4.69) is 0 Å².